The lowest BCUT2D eigenvalue weighted by atomic mass is 10.1. The van der Waals surface area contributed by atoms with Gasteiger partial charge in [-0.1, -0.05) is 18.2 Å². The number of hydrogen-bond acceptors (Lipinski definition) is 7. The van der Waals surface area contributed by atoms with Crippen molar-refractivity contribution < 1.29 is 23.7 Å². The fourth-order valence-electron chi connectivity index (χ4n) is 4.00. The second-order valence-electron chi connectivity index (χ2n) is 8.74. The van der Waals surface area contributed by atoms with Gasteiger partial charge in [0.25, 0.3) is 11.1 Å². The van der Waals surface area contributed by atoms with E-state index in [0.29, 0.717) is 28.4 Å². The van der Waals surface area contributed by atoms with Crippen LogP contribution in [0.5, 0.6) is 17.4 Å². The molecule has 2 aromatic carbocycles. The van der Waals surface area contributed by atoms with Crippen LogP contribution >= 0.6 is 0 Å². The number of pyridine rings is 1. The number of rotatable bonds is 9. The average Bonchev–Trinajstić information content (AvgIpc) is 2.91. The lowest BCUT2D eigenvalue weighted by Crippen LogP contribution is -2.28. The summed E-state index contributed by atoms with van der Waals surface area (Å²) in [4.78, 5) is 30.3. The third kappa shape index (κ3) is 5.45. The number of nitrogens with zero attached hydrogens (tertiary/aromatic N) is 3. The molecule has 0 aliphatic carbocycles. The summed E-state index contributed by atoms with van der Waals surface area (Å²) in [5.74, 6) is -0.0406. The van der Waals surface area contributed by atoms with Crippen molar-refractivity contribution in [2.24, 2.45) is 0 Å². The Morgan fingerprint density at radius 3 is 2.24 bits per heavy atom. The van der Waals surface area contributed by atoms with Gasteiger partial charge in [-0.3, -0.25) is 18.7 Å². The Morgan fingerprint density at radius 1 is 0.974 bits per heavy atom. The van der Waals surface area contributed by atoms with Gasteiger partial charge in [-0.05, 0) is 49.7 Å². The van der Waals surface area contributed by atoms with Crippen LogP contribution in [0, 0.1) is 5.82 Å². The Kier molecular flexibility index (Phi) is 7.92. The molecule has 2 heterocycles. The second kappa shape index (κ2) is 11.3. The van der Waals surface area contributed by atoms with Crippen LogP contribution in [0.4, 0.5) is 4.39 Å². The van der Waals surface area contributed by atoms with Gasteiger partial charge in [-0.2, -0.15) is 4.98 Å². The first-order chi connectivity index (χ1) is 18.2. The van der Waals surface area contributed by atoms with Crippen molar-refractivity contribution in [1.29, 1.82) is 0 Å². The minimum Gasteiger partial charge on any atom is -0.494 e. The molecule has 0 spiro atoms. The van der Waals surface area contributed by atoms with Gasteiger partial charge in [-0.25, -0.2) is 4.39 Å². The third-order valence-corrected chi connectivity index (χ3v) is 5.87. The SMILES string of the molecule is COc1cccc(OC)c1-n1c(COC(C)C)nc(O)c(Cc2ccc(-n3cc(F)ccc3=O)cc2)c1=O. The molecule has 10 heteroatoms. The van der Waals surface area contributed by atoms with Crippen LogP contribution in [0.3, 0.4) is 0 Å². The Bertz CT molecular complexity index is 1540. The van der Waals surface area contributed by atoms with Crippen LogP contribution in [0.15, 0.2) is 70.4 Å². The molecule has 0 radical (unpaired) electrons. The van der Waals surface area contributed by atoms with E-state index < -0.39 is 17.3 Å². The molecule has 0 bridgehead atoms. The summed E-state index contributed by atoms with van der Waals surface area (Å²) in [6.07, 6.45) is 0.995. The maximum Gasteiger partial charge on any atom is 0.265 e. The summed E-state index contributed by atoms with van der Waals surface area (Å²) >= 11 is 0. The van der Waals surface area contributed by atoms with Crippen molar-refractivity contribution in [3.05, 3.63) is 104 Å². The summed E-state index contributed by atoms with van der Waals surface area (Å²) < 4.78 is 32.9. The summed E-state index contributed by atoms with van der Waals surface area (Å²) in [7, 11) is 2.96. The van der Waals surface area contributed by atoms with E-state index in [4.69, 9.17) is 14.2 Å². The van der Waals surface area contributed by atoms with E-state index in [1.54, 1.807) is 42.5 Å². The number of aromatic nitrogens is 3. The zero-order valence-electron chi connectivity index (χ0n) is 21.5. The summed E-state index contributed by atoms with van der Waals surface area (Å²) in [6, 6.07) is 14.0. The standard InChI is InChI=1S/C28H28FN3O6/c1-17(2)38-16-24-30-27(34)21(28(35)32(24)26-22(36-3)6-5-7-23(26)37-4)14-18-8-11-20(12-9-18)31-15-19(29)10-13-25(31)33/h5-13,15,17,34H,14,16H2,1-4H3. The molecule has 4 rings (SSSR count). The van der Waals surface area contributed by atoms with Crippen molar-refractivity contribution in [1.82, 2.24) is 14.1 Å². The van der Waals surface area contributed by atoms with E-state index in [2.05, 4.69) is 4.98 Å². The van der Waals surface area contributed by atoms with E-state index in [-0.39, 0.29) is 36.1 Å². The monoisotopic (exact) mass is 521 g/mol. The third-order valence-electron chi connectivity index (χ3n) is 5.87. The molecule has 0 atom stereocenters. The Labute approximate surface area is 218 Å². The van der Waals surface area contributed by atoms with Crippen LogP contribution in [0.25, 0.3) is 11.4 Å². The van der Waals surface area contributed by atoms with Crippen LogP contribution in [-0.4, -0.2) is 39.5 Å². The van der Waals surface area contributed by atoms with Gasteiger partial charge in [0, 0.05) is 24.4 Å². The van der Waals surface area contributed by atoms with E-state index in [1.165, 1.54) is 23.4 Å². The molecular weight excluding hydrogens is 493 g/mol. The van der Waals surface area contributed by atoms with Crippen molar-refractivity contribution in [3.8, 4) is 28.8 Å². The number of aromatic hydroxyl groups is 1. The molecule has 0 amide bonds. The van der Waals surface area contributed by atoms with Crippen LogP contribution in [0.1, 0.15) is 30.8 Å². The maximum atomic E-state index is 13.9. The highest BCUT2D eigenvalue weighted by atomic mass is 19.1. The van der Waals surface area contributed by atoms with Gasteiger partial charge in [0.05, 0.1) is 25.9 Å². The molecule has 0 aliphatic heterocycles. The number of benzene rings is 2. The molecule has 0 fully saturated rings. The molecule has 0 aliphatic rings. The first kappa shape index (κ1) is 26.6. The Hall–Kier alpha value is -4.44. The summed E-state index contributed by atoms with van der Waals surface area (Å²) in [5.41, 5.74) is 0.596. The zero-order valence-corrected chi connectivity index (χ0v) is 21.5. The number of hydrogen-bond donors (Lipinski definition) is 1. The van der Waals surface area contributed by atoms with E-state index in [1.807, 2.05) is 13.8 Å². The number of methoxy groups -OCH3 is 2. The van der Waals surface area contributed by atoms with Crippen LogP contribution < -0.4 is 20.6 Å². The summed E-state index contributed by atoms with van der Waals surface area (Å²) in [5, 5.41) is 10.8. The van der Waals surface area contributed by atoms with Gasteiger partial charge < -0.3 is 19.3 Å². The minimum atomic E-state index is -0.543. The predicted molar refractivity (Wildman–Crippen MR) is 139 cm³/mol. The smallest absolute Gasteiger partial charge is 0.265 e. The lowest BCUT2D eigenvalue weighted by molar-refractivity contribution is 0.0594. The van der Waals surface area contributed by atoms with Crippen molar-refractivity contribution in [2.75, 3.05) is 14.2 Å². The van der Waals surface area contributed by atoms with E-state index in [9.17, 15) is 19.1 Å². The number of halogens is 1. The van der Waals surface area contributed by atoms with Gasteiger partial charge in [0.1, 0.15) is 35.4 Å². The van der Waals surface area contributed by atoms with E-state index >= 15 is 0 Å². The van der Waals surface area contributed by atoms with Gasteiger partial charge >= 0.3 is 0 Å². The topological polar surface area (TPSA) is 105 Å². The molecule has 38 heavy (non-hydrogen) atoms. The quantitative estimate of drug-likeness (QED) is 0.358. The molecule has 0 unspecified atom stereocenters. The Balaban J connectivity index is 1.81. The highest BCUT2D eigenvalue weighted by Gasteiger charge is 2.23. The Morgan fingerprint density at radius 2 is 1.63 bits per heavy atom. The minimum absolute atomic E-state index is 0.0405. The molecular formula is C28H28FN3O6. The number of ether oxygens (including phenoxy) is 3. The maximum absolute atomic E-state index is 13.9. The van der Waals surface area contributed by atoms with Gasteiger partial charge in [-0.15, -0.1) is 0 Å². The first-order valence-corrected chi connectivity index (χ1v) is 11.9. The average molecular weight is 522 g/mol. The van der Waals surface area contributed by atoms with Gasteiger partial charge in [0.2, 0.25) is 5.88 Å². The fourth-order valence-corrected chi connectivity index (χ4v) is 4.00. The van der Waals surface area contributed by atoms with Crippen LogP contribution in [-0.2, 0) is 17.8 Å². The normalized spacial score (nSPS) is 11.1. The van der Waals surface area contributed by atoms with Crippen molar-refractivity contribution >= 4 is 0 Å². The predicted octanol–water partition coefficient (Wildman–Crippen LogP) is 3.76. The molecule has 2 aromatic heterocycles. The molecule has 0 saturated heterocycles. The molecule has 9 nitrogen and oxygen atoms in total. The summed E-state index contributed by atoms with van der Waals surface area (Å²) in [6.45, 7) is 3.66. The zero-order chi connectivity index (χ0) is 27.4. The molecule has 1 N–H and O–H groups in total. The fraction of sp³-hybridized carbons (Fsp3) is 0.250. The number of para-hydroxylation sites is 1. The molecule has 0 saturated carbocycles. The second-order valence-corrected chi connectivity index (χ2v) is 8.74. The van der Waals surface area contributed by atoms with Crippen molar-refractivity contribution in [3.63, 3.8) is 0 Å². The van der Waals surface area contributed by atoms with Crippen molar-refractivity contribution in [2.45, 2.75) is 33.0 Å². The van der Waals surface area contributed by atoms with E-state index in [0.717, 1.165) is 18.3 Å². The molecule has 4 aromatic rings. The first-order valence-electron chi connectivity index (χ1n) is 11.9. The lowest BCUT2D eigenvalue weighted by Gasteiger charge is -2.20. The highest BCUT2D eigenvalue weighted by molar-refractivity contribution is 5.58. The van der Waals surface area contributed by atoms with Gasteiger partial charge in [0.15, 0.2) is 0 Å². The van der Waals surface area contributed by atoms with Crippen LogP contribution in [0.2, 0.25) is 0 Å². The largest absolute Gasteiger partial charge is 0.494 e. The molecule has 198 valence electrons. The highest BCUT2D eigenvalue weighted by Crippen LogP contribution is 2.33.